The summed E-state index contributed by atoms with van der Waals surface area (Å²) in [6.45, 7) is 3.60. The molecule has 0 aliphatic carbocycles. The van der Waals surface area contributed by atoms with Gasteiger partial charge in [0.2, 0.25) is 0 Å². The standard InChI is InChI=1S/C13H15N3O2S/c1-10-5-6-11(2)13(8-10)19(17,18)16-15-9-12-4-3-7-14-12/h3-9,14,16H,1-2H3/b15-9+. The first-order chi connectivity index (χ1) is 8.99. The summed E-state index contributed by atoms with van der Waals surface area (Å²) in [5.74, 6) is 0. The number of benzene rings is 1. The molecular weight excluding hydrogens is 262 g/mol. The highest BCUT2D eigenvalue weighted by atomic mass is 32.2. The molecule has 0 aliphatic heterocycles. The molecule has 5 nitrogen and oxygen atoms in total. The van der Waals surface area contributed by atoms with Gasteiger partial charge in [0.05, 0.1) is 16.8 Å². The number of aromatic amines is 1. The van der Waals surface area contributed by atoms with E-state index in [9.17, 15) is 8.42 Å². The molecule has 19 heavy (non-hydrogen) atoms. The van der Waals surface area contributed by atoms with Crippen molar-refractivity contribution in [3.8, 4) is 0 Å². The van der Waals surface area contributed by atoms with Crippen LogP contribution in [-0.4, -0.2) is 19.6 Å². The molecule has 0 saturated heterocycles. The molecule has 0 fully saturated rings. The fourth-order valence-corrected chi connectivity index (χ4v) is 2.76. The number of aromatic nitrogens is 1. The number of hydrogen-bond acceptors (Lipinski definition) is 3. The lowest BCUT2D eigenvalue weighted by Gasteiger charge is -2.07. The van der Waals surface area contributed by atoms with Gasteiger partial charge in [-0.2, -0.15) is 18.4 Å². The van der Waals surface area contributed by atoms with Crippen molar-refractivity contribution < 1.29 is 8.42 Å². The molecule has 0 saturated carbocycles. The van der Waals surface area contributed by atoms with Gasteiger partial charge in [0.25, 0.3) is 10.0 Å². The summed E-state index contributed by atoms with van der Waals surface area (Å²) in [5.41, 5.74) is 2.30. The lowest BCUT2D eigenvalue weighted by Crippen LogP contribution is -2.19. The first-order valence-electron chi connectivity index (χ1n) is 5.74. The highest BCUT2D eigenvalue weighted by Gasteiger charge is 2.15. The zero-order chi connectivity index (χ0) is 13.9. The molecule has 1 aromatic carbocycles. The Morgan fingerprint density at radius 1 is 1.26 bits per heavy atom. The van der Waals surface area contributed by atoms with Crippen LogP contribution in [0.3, 0.4) is 0 Å². The average Bonchev–Trinajstić information content (AvgIpc) is 2.85. The van der Waals surface area contributed by atoms with Gasteiger partial charge in [0.1, 0.15) is 0 Å². The summed E-state index contributed by atoms with van der Waals surface area (Å²) in [6, 6.07) is 8.87. The second-order valence-corrected chi connectivity index (χ2v) is 5.88. The molecule has 100 valence electrons. The van der Waals surface area contributed by atoms with Gasteiger partial charge >= 0.3 is 0 Å². The number of H-pyrrole nitrogens is 1. The maximum atomic E-state index is 12.1. The summed E-state index contributed by atoms with van der Waals surface area (Å²) >= 11 is 0. The summed E-state index contributed by atoms with van der Waals surface area (Å²) in [5, 5.41) is 3.74. The van der Waals surface area contributed by atoms with Gasteiger partial charge in [-0.25, -0.2) is 0 Å². The number of sulfonamides is 1. The van der Waals surface area contributed by atoms with Crippen molar-refractivity contribution >= 4 is 16.2 Å². The lowest BCUT2D eigenvalue weighted by molar-refractivity contribution is 0.584. The summed E-state index contributed by atoms with van der Waals surface area (Å²) in [4.78, 5) is 5.35. The van der Waals surface area contributed by atoms with E-state index in [0.29, 0.717) is 5.56 Å². The minimum atomic E-state index is -3.63. The van der Waals surface area contributed by atoms with Crippen LogP contribution in [0.2, 0.25) is 0 Å². The van der Waals surface area contributed by atoms with E-state index in [1.165, 1.54) is 6.21 Å². The third kappa shape index (κ3) is 3.23. The Balaban J connectivity index is 2.21. The highest BCUT2D eigenvalue weighted by molar-refractivity contribution is 7.89. The van der Waals surface area contributed by atoms with Crippen LogP contribution in [-0.2, 0) is 10.0 Å². The van der Waals surface area contributed by atoms with Crippen LogP contribution in [0.5, 0.6) is 0 Å². The summed E-state index contributed by atoms with van der Waals surface area (Å²) in [6.07, 6.45) is 3.16. The largest absolute Gasteiger partial charge is 0.360 e. The third-order valence-electron chi connectivity index (χ3n) is 2.63. The van der Waals surface area contributed by atoms with E-state index in [2.05, 4.69) is 14.9 Å². The molecule has 2 aromatic rings. The van der Waals surface area contributed by atoms with Crippen molar-refractivity contribution in [3.05, 3.63) is 53.3 Å². The summed E-state index contributed by atoms with van der Waals surface area (Å²) in [7, 11) is -3.63. The van der Waals surface area contributed by atoms with Crippen molar-refractivity contribution in [2.45, 2.75) is 18.7 Å². The summed E-state index contributed by atoms with van der Waals surface area (Å²) < 4.78 is 24.2. The van der Waals surface area contributed by atoms with Gasteiger partial charge in [-0.15, -0.1) is 0 Å². The molecule has 0 atom stereocenters. The van der Waals surface area contributed by atoms with Gasteiger partial charge in [0, 0.05) is 6.20 Å². The first kappa shape index (κ1) is 13.4. The molecule has 0 spiro atoms. The number of hydrogen-bond donors (Lipinski definition) is 2. The van der Waals surface area contributed by atoms with Gasteiger partial charge in [-0.05, 0) is 43.2 Å². The van der Waals surface area contributed by atoms with Crippen molar-refractivity contribution in [2.75, 3.05) is 0 Å². The van der Waals surface area contributed by atoms with Crippen LogP contribution in [0.1, 0.15) is 16.8 Å². The third-order valence-corrected chi connectivity index (χ3v) is 4.00. The van der Waals surface area contributed by atoms with Crippen molar-refractivity contribution in [1.29, 1.82) is 0 Å². The monoisotopic (exact) mass is 277 g/mol. The normalized spacial score (nSPS) is 11.9. The Bertz CT molecular complexity index is 689. The minimum Gasteiger partial charge on any atom is -0.360 e. The predicted octanol–water partition coefficient (Wildman–Crippen LogP) is 1.94. The van der Waals surface area contributed by atoms with Crippen molar-refractivity contribution in [1.82, 2.24) is 9.82 Å². The fourth-order valence-electron chi connectivity index (χ4n) is 1.64. The minimum absolute atomic E-state index is 0.246. The van der Waals surface area contributed by atoms with Crippen LogP contribution < -0.4 is 4.83 Å². The van der Waals surface area contributed by atoms with Crippen LogP contribution in [0.25, 0.3) is 0 Å². The Morgan fingerprint density at radius 3 is 2.74 bits per heavy atom. The Kier molecular flexibility index (Phi) is 3.71. The van der Waals surface area contributed by atoms with E-state index >= 15 is 0 Å². The van der Waals surface area contributed by atoms with Gasteiger partial charge in [-0.3, -0.25) is 0 Å². The maximum absolute atomic E-state index is 12.1. The molecule has 0 bridgehead atoms. The van der Waals surface area contributed by atoms with Crippen LogP contribution in [0.15, 0.2) is 46.5 Å². The number of aryl methyl sites for hydroxylation is 2. The maximum Gasteiger partial charge on any atom is 0.276 e. The number of hydrazone groups is 1. The van der Waals surface area contributed by atoms with Crippen molar-refractivity contribution in [3.63, 3.8) is 0 Å². The van der Waals surface area contributed by atoms with Gasteiger partial charge in [-0.1, -0.05) is 12.1 Å². The molecule has 0 aliphatic rings. The molecule has 1 aromatic heterocycles. The fraction of sp³-hybridized carbons (Fsp3) is 0.154. The molecule has 1 heterocycles. The Morgan fingerprint density at radius 2 is 2.05 bits per heavy atom. The molecule has 0 amide bonds. The SMILES string of the molecule is Cc1ccc(C)c(S(=O)(=O)N/N=C/c2ccc[nH]2)c1. The smallest absolute Gasteiger partial charge is 0.276 e. The molecule has 0 radical (unpaired) electrons. The van der Waals surface area contributed by atoms with E-state index in [0.717, 1.165) is 11.3 Å². The molecular formula is C13H15N3O2S. The quantitative estimate of drug-likeness (QED) is 0.662. The van der Waals surface area contributed by atoms with E-state index in [1.807, 2.05) is 13.0 Å². The second kappa shape index (κ2) is 5.27. The van der Waals surface area contributed by atoms with E-state index in [4.69, 9.17) is 0 Å². The Labute approximate surface area is 112 Å². The van der Waals surface area contributed by atoms with Gasteiger partial charge < -0.3 is 4.98 Å². The zero-order valence-electron chi connectivity index (χ0n) is 10.7. The number of rotatable bonds is 4. The first-order valence-corrected chi connectivity index (χ1v) is 7.23. The topological polar surface area (TPSA) is 74.3 Å². The Hall–Kier alpha value is -2.08. The second-order valence-electron chi connectivity index (χ2n) is 4.25. The van der Waals surface area contributed by atoms with Gasteiger partial charge in [0.15, 0.2) is 0 Å². The van der Waals surface area contributed by atoms with E-state index in [-0.39, 0.29) is 4.90 Å². The highest BCUT2D eigenvalue weighted by Crippen LogP contribution is 2.16. The molecule has 0 unspecified atom stereocenters. The molecule has 2 N–H and O–H groups in total. The van der Waals surface area contributed by atoms with Crippen LogP contribution in [0, 0.1) is 13.8 Å². The number of nitrogens with zero attached hydrogens (tertiary/aromatic N) is 1. The van der Waals surface area contributed by atoms with Crippen molar-refractivity contribution in [2.24, 2.45) is 5.10 Å². The van der Waals surface area contributed by atoms with E-state index in [1.54, 1.807) is 37.4 Å². The van der Waals surface area contributed by atoms with E-state index < -0.39 is 10.0 Å². The lowest BCUT2D eigenvalue weighted by atomic mass is 10.2. The average molecular weight is 277 g/mol. The zero-order valence-corrected chi connectivity index (χ0v) is 11.5. The predicted molar refractivity (Wildman–Crippen MR) is 74.6 cm³/mol. The van der Waals surface area contributed by atoms with Crippen LogP contribution in [0.4, 0.5) is 0 Å². The number of nitrogens with one attached hydrogen (secondary N) is 2. The molecule has 2 rings (SSSR count). The molecule has 6 heteroatoms. The van der Waals surface area contributed by atoms with Crippen LogP contribution >= 0.6 is 0 Å².